The van der Waals surface area contributed by atoms with Crippen molar-refractivity contribution in [1.82, 2.24) is 14.8 Å². The van der Waals surface area contributed by atoms with E-state index in [1.54, 1.807) is 6.08 Å². The van der Waals surface area contributed by atoms with Gasteiger partial charge in [0.05, 0.1) is 5.75 Å². The number of hydrogen-bond donors (Lipinski definition) is 0. The topological polar surface area (TPSA) is 47.8 Å². The van der Waals surface area contributed by atoms with Crippen molar-refractivity contribution in [1.29, 1.82) is 0 Å². The van der Waals surface area contributed by atoms with Gasteiger partial charge in [0.1, 0.15) is 5.82 Å². The summed E-state index contributed by atoms with van der Waals surface area (Å²) < 4.78 is 1.95. The number of rotatable bonds is 6. The summed E-state index contributed by atoms with van der Waals surface area (Å²) in [6, 6.07) is 5.81. The maximum Gasteiger partial charge on any atom is 0.191 e. The van der Waals surface area contributed by atoms with Crippen LogP contribution in [0.15, 0.2) is 36.0 Å². The van der Waals surface area contributed by atoms with Crippen molar-refractivity contribution in [3.8, 4) is 0 Å². The molecular formula is C16H19N3OS. The van der Waals surface area contributed by atoms with Gasteiger partial charge in [-0.2, -0.15) is 0 Å². The third kappa shape index (κ3) is 3.61. The number of thioether (sulfide) groups is 1. The Balaban J connectivity index is 2.07. The molecule has 0 unspecified atom stereocenters. The lowest BCUT2D eigenvalue weighted by Crippen LogP contribution is -2.06. The molecule has 0 aliphatic rings. The van der Waals surface area contributed by atoms with Gasteiger partial charge in [-0.1, -0.05) is 30.0 Å². The molecule has 0 radical (unpaired) electrons. The minimum Gasteiger partial charge on any atom is -0.302 e. The van der Waals surface area contributed by atoms with Crippen LogP contribution < -0.4 is 0 Å². The highest BCUT2D eigenvalue weighted by molar-refractivity contribution is 7.99. The number of carbonyl (C=O) groups is 1. The quantitative estimate of drug-likeness (QED) is 0.466. The minimum absolute atomic E-state index is 0.105. The predicted molar refractivity (Wildman–Crippen MR) is 85.9 cm³/mol. The van der Waals surface area contributed by atoms with Crippen molar-refractivity contribution < 1.29 is 4.79 Å². The van der Waals surface area contributed by atoms with Crippen LogP contribution in [0.4, 0.5) is 0 Å². The van der Waals surface area contributed by atoms with Gasteiger partial charge < -0.3 is 4.57 Å². The number of benzene rings is 1. The molecule has 0 atom stereocenters. The van der Waals surface area contributed by atoms with Crippen molar-refractivity contribution in [3.05, 3.63) is 53.4 Å². The first-order valence-corrected chi connectivity index (χ1v) is 7.75. The van der Waals surface area contributed by atoms with E-state index in [0.29, 0.717) is 12.3 Å². The Bertz CT molecular complexity index is 676. The molecule has 1 heterocycles. The van der Waals surface area contributed by atoms with E-state index in [1.807, 2.05) is 43.5 Å². The summed E-state index contributed by atoms with van der Waals surface area (Å²) in [6.45, 7) is 10.3. The van der Waals surface area contributed by atoms with E-state index in [2.05, 4.69) is 16.8 Å². The Morgan fingerprint density at radius 3 is 2.71 bits per heavy atom. The van der Waals surface area contributed by atoms with Crippen LogP contribution in [-0.2, 0) is 6.54 Å². The molecule has 0 aliphatic carbocycles. The number of carbonyl (C=O) groups excluding carboxylic acids is 1. The zero-order chi connectivity index (χ0) is 15.4. The van der Waals surface area contributed by atoms with E-state index < -0.39 is 0 Å². The average molecular weight is 301 g/mol. The van der Waals surface area contributed by atoms with Crippen molar-refractivity contribution in [3.63, 3.8) is 0 Å². The standard InChI is InChI=1S/C16H19N3OS/c1-5-8-19-13(4)17-18-16(19)21-10-15(20)14-7-6-11(2)12(3)9-14/h5-7,9H,1,8,10H2,2-4H3. The second-order valence-electron chi connectivity index (χ2n) is 4.94. The zero-order valence-corrected chi connectivity index (χ0v) is 13.4. The van der Waals surface area contributed by atoms with E-state index in [-0.39, 0.29) is 5.78 Å². The summed E-state index contributed by atoms with van der Waals surface area (Å²) in [7, 11) is 0. The molecule has 5 heteroatoms. The molecule has 0 fully saturated rings. The molecule has 21 heavy (non-hydrogen) atoms. The van der Waals surface area contributed by atoms with Gasteiger partial charge in [-0.15, -0.1) is 16.8 Å². The van der Waals surface area contributed by atoms with Crippen LogP contribution in [0.1, 0.15) is 27.3 Å². The molecule has 4 nitrogen and oxygen atoms in total. The van der Waals surface area contributed by atoms with Gasteiger partial charge in [0.25, 0.3) is 0 Å². The molecule has 110 valence electrons. The SMILES string of the molecule is C=CCn1c(C)nnc1SCC(=O)c1ccc(C)c(C)c1. The lowest BCUT2D eigenvalue weighted by atomic mass is 10.0. The number of hydrogen-bond acceptors (Lipinski definition) is 4. The number of aromatic nitrogens is 3. The Kier molecular flexibility index (Phi) is 4.96. The maximum atomic E-state index is 12.3. The van der Waals surface area contributed by atoms with Crippen LogP contribution in [0.2, 0.25) is 0 Å². The van der Waals surface area contributed by atoms with E-state index >= 15 is 0 Å². The minimum atomic E-state index is 0.105. The summed E-state index contributed by atoms with van der Waals surface area (Å²) in [5.74, 6) is 1.29. The number of Topliss-reactive ketones (excluding diaryl/α,β-unsaturated/α-hetero) is 1. The molecule has 0 saturated carbocycles. The smallest absolute Gasteiger partial charge is 0.191 e. The van der Waals surface area contributed by atoms with Crippen LogP contribution in [0.25, 0.3) is 0 Å². The number of aryl methyl sites for hydroxylation is 3. The molecule has 2 rings (SSSR count). The second-order valence-corrected chi connectivity index (χ2v) is 5.88. The van der Waals surface area contributed by atoms with Gasteiger partial charge in [-0.3, -0.25) is 4.79 Å². The lowest BCUT2D eigenvalue weighted by molar-refractivity contribution is 0.102. The number of nitrogens with zero attached hydrogens (tertiary/aromatic N) is 3. The van der Waals surface area contributed by atoms with Gasteiger partial charge in [0, 0.05) is 12.1 Å². The maximum absolute atomic E-state index is 12.3. The molecule has 0 aliphatic heterocycles. The summed E-state index contributed by atoms with van der Waals surface area (Å²) in [4.78, 5) is 12.3. The van der Waals surface area contributed by atoms with Gasteiger partial charge >= 0.3 is 0 Å². The van der Waals surface area contributed by atoms with Crippen LogP contribution >= 0.6 is 11.8 Å². The van der Waals surface area contributed by atoms with Crippen molar-refractivity contribution in [2.45, 2.75) is 32.5 Å². The highest BCUT2D eigenvalue weighted by Crippen LogP contribution is 2.19. The molecule has 0 N–H and O–H groups in total. The van der Waals surface area contributed by atoms with Crippen LogP contribution in [0.3, 0.4) is 0 Å². The highest BCUT2D eigenvalue weighted by Gasteiger charge is 2.12. The predicted octanol–water partition coefficient (Wildman–Crippen LogP) is 3.36. The first-order valence-electron chi connectivity index (χ1n) is 6.77. The Morgan fingerprint density at radius 2 is 2.05 bits per heavy atom. The number of ketones is 1. The van der Waals surface area contributed by atoms with Crippen molar-refractivity contribution in [2.75, 3.05) is 5.75 Å². The molecule has 1 aromatic carbocycles. The third-order valence-corrected chi connectivity index (χ3v) is 4.34. The summed E-state index contributed by atoms with van der Waals surface area (Å²) >= 11 is 1.41. The molecule has 2 aromatic rings. The van der Waals surface area contributed by atoms with Crippen molar-refractivity contribution >= 4 is 17.5 Å². The molecule has 0 bridgehead atoms. The van der Waals surface area contributed by atoms with Gasteiger partial charge in [0.15, 0.2) is 10.9 Å². The fourth-order valence-corrected chi connectivity index (χ4v) is 2.82. The van der Waals surface area contributed by atoms with Gasteiger partial charge in [0.2, 0.25) is 0 Å². The molecule has 0 amide bonds. The normalized spacial score (nSPS) is 10.6. The van der Waals surface area contributed by atoms with E-state index in [4.69, 9.17) is 0 Å². The first kappa shape index (κ1) is 15.5. The highest BCUT2D eigenvalue weighted by atomic mass is 32.2. The Labute approximate surface area is 129 Å². The Morgan fingerprint density at radius 1 is 1.29 bits per heavy atom. The largest absolute Gasteiger partial charge is 0.302 e. The van der Waals surface area contributed by atoms with Gasteiger partial charge in [-0.25, -0.2) is 0 Å². The average Bonchev–Trinajstić information content (AvgIpc) is 2.81. The fraction of sp³-hybridized carbons (Fsp3) is 0.312. The van der Waals surface area contributed by atoms with E-state index in [0.717, 1.165) is 22.1 Å². The number of allylic oxidation sites excluding steroid dienone is 1. The van der Waals surface area contributed by atoms with Crippen LogP contribution in [0.5, 0.6) is 0 Å². The van der Waals surface area contributed by atoms with Crippen molar-refractivity contribution in [2.24, 2.45) is 0 Å². The zero-order valence-electron chi connectivity index (χ0n) is 12.6. The molecular weight excluding hydrogens is 282 g/mol. The molecule has 1 aromatic heterocycles. The third-order valence-electron chi connectivity index (χ3n) is 3.37. The van der Waals surface area contributed by atoms with Gasteiger partial charge in [-0.05, 0) is 38.0 Å². The van der Waals surface area contributed by atoms with E-state index in [9.17, 15) is 4.79 Å². The first-order chi connectivity index (χ1) is 10.0. The summed E-state index contributed by atoms with van der Waals surface area (Å²) in [5.41, 5.74) is 3.08. The molecule has 0 spiro atoms. The summed E-state index contributed by atoms with van der Waals surface area (Å²) in [5, 5.41) is 8.91. The van der Waals surface area contributed by atoms with Crippen LogP contribution in [-0.4, -0.2) is 26.3 Å². The monoisotopic (exact) mass is 301 g/mol. The van der Waals surface area contributed by atoms with E-state index in [1.165, 1.54) is 17.3 Å². The van der Waals surface area contributed by atoms with Crippen LogP contribution in [0, 0.1) is 20.8 Å². The molecule has 0 saturated heterocycles. The Hall–Kier alpha value is -1.88. The lowest BCUT2D eigenvalue weighted by Gasteiger charge is -2.06. The second kappa shape index (κ2) is 6.72. The summed E-state index contributed by atoms with van der Waals surface area (Å²) in [6.07, 6.45) is 1.80. The fourth-order valence-electron chi connectivity index (χ4n) is 1.94.